The molecule has 0 aliphatic heterocycles. The number of amides is 1. The van der Waals surface area contributed by atoms with Gasteiger partial charge in [-0.15, -0.1) is 6.58 Å². The van der Waals surface area contributed by atoms with Crippen LogP contribution in [-0.4, -0.2) is 43.3 Å². The molecule has 1 amide bonds. The zero-order valence-corrected chi connectivity index (χ0v) is 14.2. The monoisotopic (exact) mass is 334 g/mol. The first-order valence-electron chi connectivity index (χ1n) is 8.10. The maximum atomic E-state index is 12.5. The van der Waals surface area contributed by atoms with Crippen molar-refractivity contribution in [3.05, 3.63) is 42.0 Å². The van der Waals surface area contributed by atoms with Crippen LogP contribution in [0.25, 0.3) is 0 Å². The average Bonchev–Trinajstić information content (AvgIpc) is 2.55. The van der Waals surface area contributed by atoms with Crippen LogP contribution in [0.2, 0.25) is 0 Å². The lowest BCUT2D eigenvalue weighted by Gasteiger charge is -2.24. The summed E-state index contributed by atoms with van der Waals surface area (Å²) in [7, 11) is 0. The van der Waals surface area contributed by atoms with E-state index in [0.717, 1.165) is 12.0 Å². The third-order valence-electron chi connectivity index (χ3n) is 3.45. The summed E-state index contributed by atoms with van der Waals surface area (Å²) in [5.41, 5.74) is 6.93. The number of anilines is 1. The van der Waals surface area contributed by atoms with Gasteiger partial charge >= 0.3 is 5.97 Å². The molecule has 1 rings (SSSR count). The molecule has 0 fully saturated rings. The van der Waals surface area contributed by atoms with Gasteiger partial charge in [0.15, 0.2) is 0 Å². The second kappa shape index (κ2) is 10.6. The second-order valence-electron chi connectivity index (χ2n) is 5.37. The van der Waals surface area contributed by atoms with Gasteiger partial charge in [0, 0.05) is 13.2 Å². The van der Waals surface area contributed by atoms with Gasteiger partial charge in [-0.2, -0.15) is 0 Å². The van der Waals surface area contributed by atoms with Gasteiger partial charge in [0.05, 0.1) is 11.3 Å². The Bertz CT molecular complexity index is 572. The Morgan fingerprint density at radius 1 is 1.42 bits per heavy atom. The molecule has 1 aromatic rings. The fourth-order valence-corrected chi connectivity index (χ4v) is 2.29. The number of carboxylic acids is 1. The lowest BCUT2D eigenvalue weighted by molar-refractivity contribution is -0.123. The van der Waals surface area contributed by atoms with Gasteiger partial charge in [-0.3, -0.25) is 4.79 Å². The molecule has 0 radical (unpaired) electrons. The number of carbonyl (C=O) groups excluding carboxylic acids is 1. The number of ether oxygens (including phenoxy) is 1. The van der Waals surface area contributed by atoms with E-state index in [9.17, 15) is 14.7 Å². The molecule has 0 unspecified atom stereocenters. The number of rotatable bonds is 11. The van der Waals surface area contributed by atoms with Crippen LogP contribution in [0, 0.1) is 0 Å². The van der Waals surface area contributed by atoms with Crippen molar-refractivity contribution in [1.29, 1.82) is 0 Å². The number of benzene rings is 1. The molecule has 0 aromatic heterocycles. The summed E-state index contributed by atoms with van der Waals surface area (Å²) in [5, 5.41) is 9.44. The molecule has 0 spiro atoms. The molecular weight excluding hydrogens is 308 g/mol. The van der Waals surface area contributed by atoms with Gasteiger partial charge in [0.25, 0.3) is 5.91 Å². The average molecular weight is 334 g/mol. The first kappa shape index (κ1) is 19.9. The van der Waals surface area contributed by atoms with Crippen molar-refractivity contribution in [1.82, 2.24) is 0 Å². The van der Waals surface area contributed by atoms with Crippen molar-refractivity contribution in [2.75, 3.05) is 31.2 Å². The lowest BCUT2D eigenvalue weighted by atomic mass is 10.0. The van der Waals surface area contributed by atoms with Crippen LogP contribution in [-0.2, 0) is 16.0 Å². The first-order chi connectivity index (χ1) is 11.5. The number of carbonyl (C=O) groups is 2. The summed E-state index contributed by atoms with van der Waals surface area (Å²) in [5.74, 6) is -1.34. The molecule has 0 aliphatic rings. The molecule has 0 heterocycles. The fraction of sp³-hybridized carbons (Fsp3) is 0.444. The Morgan fingerprint density at radius 3 is 2.75 bits per heavy atom. The number of nitrogens with zero attached hydrogens (tertiary/aromatic N) is 1. The van der Waals surface area contributed by atoms with E-state index in [1.165, 1.54) is 11.0 Å². The predicted molar refractivity (Wildman–Crippen MR) is 94.4 cm³/mol. The third-order valence-corrected chi connectivity index (χ3v) is 3.45. The van der Waals surface area contributed by atoms with Gasteiger partial charge < -0.3 is 20.5 Å². The topological polar surface area (TPSA) is 92.9 Å². The van der Waals surface area contributed by atoms with Gasteiger partial charge in [-0.05, 0) is 43.5 Å². The second-order valence-corrected chi connectivity index (χ2v) is 5.37. The minimum absolute atomic E-state index is 0.0782. The number of hydrogen-bond donors (Lipinski definition) is 2. The number of carboxylic acid groups (broad SMARTS) is 1. The predicted octanol–water partition coefficient (Wildman–Crippen LogP) is 2.22. The van der Waals surface area contributed by atoms with E-state index in [1.807, 2.05) is 6.92 Å². The van der Waals surface area contributed by atoms with E-state index >= 15 is 0 Å². The maximum absolute atomic E-state index is 12.5. The smallest absolute Gasteiger partial charge is 0.337 e. The summed E-state index contributed by atoms with van der Waals surface area (Å²) in [6, 6.07) is 4.96. The molecule has 1 aromatic carbocycles. The van der Waals surface area contributed by atoms with E-state index in [-0.39, 0.29) is 18.1 Å². The largest absolute Gasteiger partial charge is 0.478 e. The van der Waals surface area contributed by atoms with Crippen molar-refractivity contribution in [2.45, 2.75) is 26.2 Å². The van der Waals surface area contributed by atoms with Crippen molar-refractivity contribution < 1.29 is 19.4 Å². The van der Waals surface area contributed by atoms with Crippen molar-refractivity contribution in [2.24, 2.45) is 5.73 Å². The van der Waals surface area contributed by atoms with Crippen LogP contribution in [0.15, 0.2) is 30.9 Å². The highest BCUT2D eigenvalue weighted by Crippen LogP contribution is 2.24. The molecule has 0 bridgehead atoms. The van der Waals surface area contributed by atoms with Crippen LogP contribution in [0.3, 0.4) is 0 Å². The normalized spacial score (nSPS) is 10.4. The third kappa shape index (κ3) is 5.79. The van der Waals surface area contributed by atoms with Gasteiger partial charge in [-0.25, -0.2) is 4.79 Å². The molecule has 24 heavy (non-hydrogen) atoms. The van der Waals surface area contributed by atoms with E-state index in [2.05, 4.69) is 6.58 Å². The van der Waals surface area contributed by atoms with Crippen LogP contribution in [0.4, 0.5) is 5.69 Å². The minimum atomic E-state index is -1.07. The minimum Gasteiger partial charge on any atom is -0.478 e. The van der Waals surface area contributed by atoms with Gasteiger partial charge in [0.1, 0.15) is 6.61 Å². The Labute approximate surface area is 142 Å². The number of nitrogens with two attached hydrogens (primary N) is 1. The van der Waals surface area contributed by atoms with E-state index in [1.54, 1.807) is 18.2 Å². The fourth-order valence-electron chi connectivity index (χ4n) is 2.29. The summed E-state index contributed by atoms with van der Waals surface area (Å²) >= 11 is 0. The highest BCUT2D eigenvalue weighted by molar-refractivity contribution is 6.02. The van der Waals surface area contributed by atoms with Crippen molar-refractivity contribution in [3.8, 4) is 0 Å². The van der Waals surface area contributed by atoms with E-state index in [4.69, 9.17) is 10.5 Å². The summed E-state index contributed by atoms with van der Waals surface area (Å²) < 4.78 is 5.32. The quantitative estimate of drug-likeness (QED) is 0.478. The molecule has 6 heteroatoms. The summed E-state index contributed by atoms with van der Waals surface area (Å²) in [6.07, 6.45) is 3.67. The molecule has 132 valence electrons. The zero-order valence-electron chi connectivity index (χ0n) is 14.2. The molecule has 6 nitrogen and oxygen atoms in total. The highest BCUT2D eigenvalue weighted by Gasteiger charge is 2.21. The van der Waals surface area contributed by atoms with Crippen LogP contribution in [0.1, 0.15) is 35.7 Å². The van der Waals surface area contributed by atoms with Crippen molar-refractivity contribution >= 4 is 17.6 Å². The van der Waals surface area contributed by atoms with Crippen LogP contribution in [0.5, 0.6) is 0 Å². The van der Waals surface area contributed by atoms with Crippen molar-refractivity contribution in [3.63, 3.8) is 0 Å². The van der Waals surface area contributed by atoms with Gasteiger partial charge in [-0.1, -0.05) is 19.1 Å². The zero-order chi connectivity index (χ0) is 17.9. The van der Waals surface area contributed by atoms with E-state index < -0.39 is 5.97 Å². The molecule has 0 saturated heterocycles. The molecule has 3 N–H and O–H groups in total. The van der Waals surface area contributed by atoms with Crippen LogP contribution >= 0.6 is 0 Å². The Balaban J connectivity index is 3.17. The lowest BCUT2D eigenvalue weighted by Crippen LogP contribution is -2.36. The molecular formula is C18H26N2O4. The SMILES string of the molecule is C=CCCN(C(=O)COCCC)c1cc(CCN)ccc1C(=O)O. The molecule has 0 saturated carbocycles. The maximum Gasteiger partial charge on any atom is 0.337 e. The highest BCUT2D eigenvalue weighted by atomic mass is 16.5. The van der Waals surface area contributed by atoms with Gasteiger partial charge in [0.2, 0.25) is 0 Å². The first-order valence-corrected chi connectivity index (χ1v) is 8.10. The Morgan fingerprint density at radius 2 is 2.17 bits per heavy atom. The Hall–Kier alpha value is -2.18. The summed E-state index contributed by atoms with van der Waals surface area (Å²) in [6.45, 7) is 6.83. The number of aromatic carboxylic acids is 1. The number of hydrogen-bond acceptors (Lipinski definition) is 4. The standard InChI is InChI=1S/C18H26N2O4/c1-3-5-10-20(17(21)13-24-11-4-2)16-12-14(8-9-19)6-7-15(16)18(22)23/h3,6-7,12H,1,4-5,8-11,13,19H2,2H3,(H,22,23). The Kier molecular flexibility index (Phi) is 8.75. The molecule has 0 aliphatic carbocycles. The summed E-state index contributed by atoms with van der Waals surface area (Å²) in [4.78, 5) is 25.5. The molecule has 0 atom stereocenters. The van der Waals surface area contributed by atoms with E-state index in [0.29, 0.717) is 38.2 Å². The van der Waals surface area contributed by atoms with Crippen LogP contribution < -0.4 is 10.6 Å².